The number of alkyl halides is 3. The molecule has 0 saturated carbocycles. The van der Waals surface area contributed by atoms with Gasteiger partial charge in [0.25, 0.3) is 0 Å². The lowest BCUT2D eigenvalue weighted by Gasteiger charge is -2.32. The van der Waals surface area contributed by atoms with Crippen LogP contribution in [0, 0.1) is 5.92 Å². The van der Waals surface area contributed by atoms with Crippen molar-refractivity contribution in [1.82, 2.24) is 5.32 Å². The van der Waals surface area contributed by atoms with Gasteiger partial charge >= 0.3 is 12.1 Å². The third-order valence-electron chi connectivity index (χ3n) is 2.54. The van der Waals surface area contributed by atoms with Crippen molar-refractivity contribution in [2.45, 2.75) is 51.4 Å². The van der Waals surface area contributed by atoms with E-state index >= 15 is 0 Å². The van der Waals surface area contributed by atoms with Crippen molar-refractivity contribution < 1.29 is 22.7 Å². The van der Waals surface area contributed by atoms with Crippen LogP contribution in [-0.2, 0) is 9.53 Å². The van der Waals surface area contributed by atoms with Crippen LogP contribution in [0.4, 0.5) is 13.2 Å². The van der Waals surface area contributed by atoms with E-state index in [2.05, 4.69) is 5.32 Å². The number of hydrogen-bond donors (Lipinski definition) is 1. The molecule has 1 N–H and O–H groups in total. The van der Waals surface area contributed by atoms with Gasteiger partial charge in [0.2, 0.25) is 0 Å². The lowest BCUT2D eigenvalue weighted by atomic mass is 9.92. The number of hydrogen-bond acceptors (Lipinski definition) is 3. The summed E-state index contributed by atoms with van der Waals surface area (Å²) in [6.45, 7) is 5.29. The summed E-state index contributed by atoms with van der Waals surface area (Å²) in [5, 5.41) is 2.37. The van der Waals surface area contributed by atoms with Crippen LogP contribution in [0.3, 0.4) is 0 Å². The van der Waals surface area contributed by atoms with Gasteiger partial charge in [0.1, 0.15) is 11.6 Å². The molecule has 1 saturated heterocycles. The van der Waals surface area contributed by atoms with Crippen LogP contribution in [0.15, 0.2) is 0 Å². The van der Waals surface area contributed by atoms with Crippen molar-refractivity contribution in [1.29, 1.82) is 0 Å². The topological polar surface area (TPSA) is 38.3 Å². The zero-order valence-electron chi connectivity index (χ0n) is 10.2. The van der Waals surface area contributed by atoms with Crippen LogP contribution >= 0.6 is 0 Å². The summed E-state index contributed by atoms with van der Waals surface area (Å²) < 4.78 is 42.6. The molecule has 2 atom stereocenters. The second kappa shape index (κ2) is 4.84. The first-order valence-electron chi connectivity index (χ1n) is 5.62. The van der Waals surface area contributed by atoms with Gasteiger partial charge in [-0.05, 0) is 40.2 Å². The molecule has 1 aliphatic heterocycles. The summed E-state index contributed by atoms with van der Waals surface area (Å²) >= 11 is 0. The fourth-order valence-electron chi connectivity index (χ4n) is 1.77. The molecule has 0 unspecified atom stereocenters. The van der Waals surface area contributed by atoms with Crippen LogP contribution in [0.2, 0.25) is 0 Å². The van der Waals surface area contributed by atoms with Crippen molar-refractivity contribution in [3.05, 3.63) is 0 Å². The number of rotatable bonds is 1. The molecular weight excluding hydrogens is 235 g/mol. The number of carbonyl (C=O) groups is 1. The van der Waals surface area contributed by atoms with E-state index in [1.54, 1.807) is 20.8 Å². The largest absolute Gasteiger partial charge is 0.460 e. The average molecular weight is 253 g/mol. The highest BCUT2D eigenvalue weighted by Gasteiger charge is 2.44. The molecule has 100 valence electrons. The zero-order valence-corrected chi connectivity index (χ0v) is 10.2. The van der Waals surface area contributed by atoms with Crippen molar-refractivity contribution in [3.8, 4) is 0 Å². The van der Waals surface area contributed by atoms with E-state index in [1.807, 2.05) is 0 Å². The van der Waals surface area contributed by atoms with E-state index in [0.29, 0.717) is 6.42 Å². The summed E-state index contributed by atoms with van der Waals surface area (Å²) in [4.78, 5) is 11.7. The van der Waals surface area contributed by atoms with Gasteiger partial charge in [0.15, 0.2) is 0 Å². The first-order valence-corrected chi connectivity index (χ1v) is 5.62. The number of ether oxygens (including phenoxy) is 1. The monoisotopic (exact) mass is 253 g/mol. The Morgan fingerprint density at radius 3 is 2.35 bits per heavy atom. The number of halogens is 3. The van der Waals surface area contributed by atoms with E-state index in [-0.39, 0.29) is 13.0 Å². The molecule has 0 bridgehead atoms. The van der Waals surface area contributed by atoms with Crippen LogP contribution in [0.1, 0.15) is 33.6 Å². The van der Waals surface area contributed by atoms with Gasteiger partial charge in [0, 0.05) is 0 Å². The minimum atomic E-state index is -4.30. The van der Waals surface area contributed by atoms with Gasteiger partial charge < -0.3 is 10.1 Å². The Morgan fingerprint density at radius 2 is 1.88 bits per heavy atom. The predicted octanol–water partition coefficient (Wildman–Crippen LogP) is 2.26. The number of carbonyl (C=O) groups excluding carboxylic acids is 1. The molecule has 1 heterocycles. The Balaban J connectivity index is 2.58. The lowest BCUT2D eigenvalue weighted by Crippen LogP contribution is -2.49. The van der Waals surface area contributed by atoms with E-state index < -0.39 is 29.7 Å². The summed E-state index contributed by atoms with van der Waals surface area (Å²) in [5.41, 5.74) is -0.657. The molecule has 0 aromatic carbocycles. The van der Waals surface area contributed by atoms with Crippen molar-refractivity contribution in [2.75, 3.05) is 6.54 Å². The molecule has 1 rings (SSSR count). The normalized spacial score (nSPS) is 26.7. The average Bonchev–Trinajstić information content (AvgIpc) is 2.14. The van der Waals surface area contributed by atoms with Gasteiger partial charge in [-0.1, -0.05) is 0 Å². The molecule has 1 aliphatic rings. The molecule has 6 heteroatoms. The second-order valence-corrected chi connectivity index (χ2v) is 5.30. The van der Waals surface area contributed by atoms with Crippen molar-refractivity contribution >= 4 is 5.97 Å². The Kier molecular flexibility index (Phi) is 4.06. The number of esters is 1. The first kappa shape index (κ1) is 14.3. The molecule has 1 fully saturated rings. The minimum absolute atomic E-state index is 0.189. The Morgan fingerprint density at radius 1 is 1.29 bits per heavy atom. The summed E-state index contributed by atoms with van der Waals surface area (Å²) in [6.07, 6.45) is -4.15. The highest BCUT2D eigenvalue weighted by Crippen LogP contribution is 2.30. The third kappa shape index (κ3) is 4.53. The number of nitrogens with one attached hydrogen (secondary N) is 1. The van der Waals surface area contributed by atoms with Gasteiger partial charge in [0.05, 0.1) is 5.92 Å². The van der Waals surface area contributed by atoms with E-state index in [1.165, 1.54) is 0 Å². The quantitative estimate of drug-likeness (QED) is 0.728. The molecular formula is C11H18F3NO2. The fraction of sp³-hybridized carbons (Fsp3) is 0.909. The standard InChI is InChI=1S/C11H18F3NO2/c1-10(2,3)17-9(16)7-4-5-15-8(6-7)11(12,13)14/h7-8,15H,4-6H2,1-3H3/t7-,8+/m1/s1. The lowest BCUT2D eigenvalue weighted by molar-refractivity contribution is -0.175. The number of piperidine rings is 1. The molecule has 0 spiro atoms. The van der Waals surface area contributed by atoms with E-state index in [9.17, 15) is 18.0 Å². The van der Waals surface area contributed by atoms with E-state index in [0.717, 1.165) is 0 Å². The van der Waals surface area contributed by atoms with Crippen LogP contribution in [-0.4, -0.2) is 30.3 Å². The zero-order chi connectivity index (χ0) is 13.3. The smallest absolute Gasteiger partial charge is 0.403 e. The molecule has 0 aliphatic carbocycles. The first-order chi connectivity index (χ1) is 7.59. The molecule has 0 aromatic rings. The molecule has 17 heavy (non-hydrogen) atoms. The molecule has 0 amide bonds. The van der Waals surface area contributed by atoms with Crippen LogP contribution in [0.25, 0.3) is 0 Å². The van der Waals surface area contributed by atoms with Gasteiger partial charge in [-0.25, -0.2) is 0 Å². The predicted molar refractivity (Wildman–Crippen MR) is 56.4 cm³/mol. The van der Waals surface area contributed by atoms with Gasteiger partial charge in [-0.15, -0.1) is 0 Å². The van der Waals surface area contributed by atoms with Crippen LogP contribution in [0.5, 0.6) is 0 Å². The van der Waals surface area contributed by atoms with Crippen LogP contribution < -0.4 is 5.32 Å². The fourth-order valence-corrected chi connectivity index (χ4v) is 1.77. The van der Waals surface area contributed by atoms with Gasteiger partial charge in [-0.3, -0.25) is 4.79 Å². The summed E-state index contributed by atoms with van der Waals surface area (Å²) in [6, 6.07) is -1.60. The third-order valence-corrected chi connectivity index (χ3v) is 2.54. The maximum Gasteiger partial charge on any atom is 0.403 e. The molecule has 0 aromatic heterocycles. The highest BCUT2D eigenvalue weighted by atomic mass is 19.4. The maximum absolute atomic E-state index is 12.5. The Bertz CT molecular complexity index is 283. The van der Waals surface area contributed by atoms with Crippen molar-refractivity contribution in [3.63, 3.8) is 0 Å². The SMILES string of the molecule is CC(C)(C)OC(=O)[C@@H]1CCN[C@H](C(F)(F)F)C1. The van der Waals surface area contributed by atoms with Gasteiger partial charge in [-0.2, -0.15) is 13.2 Å². The Labute approximate surface area is 98.7 Å². The maximum atomic E-state index is 12.5. The summed E-state index contributed by atoms with van der Waals surface area (Å²) in [7, 11) is 0. The van der Waals surface area contributed by atoms with Crippen molar-refractivity contribution in [2.24, 2.45) is 5.92 Å². The molecule has 0 radical (unpaired) electrons. The molecule has 3 nitrogen and oxygen atoms in total. The highest BCUT2D eigenvalue weighted by molar-refractivity contribution is 5.73. The Hall–Kier alpha value is -0.780. The van der Waals surface area contributed by atoms with E-state index in [4.69, 9.17) is 4.74 Å². The second-order valence-electron chi connectivity index (χ2n) is 5.30. The minimum Gasteiger partial charge on any atom is -0.460 e. The summed E-state index contributed by atoms with van der Waals surface area (Å²) in [5.74, 6) is -1.20.